The molecule has 0 spiro atoms. The van der Waals surface area contributed by atoms with Gasteiger partial charge in [-0.15, -0.1) is 0 Å². The second-order valence-electron chi connectivity index (χ2n) is 6.06. The molecule has 6 heteroatoms. The Morgan fingerprint density at radius 3 is 2.76 bits per heavy atom. The number of para-hydroxylation sites is 1. The molecule has 3 heterocycles. The van der Waals surface area contributed by atoms with Gasteiger partial charge in [0.15, 0.2) is 5.82 Å². The van der Waals surface area contributed by atoms with Crippen molar-refractivity contribution in [1.82, 2.24) is 24.6 Å². The Morgan fingerprint density at radius 2 is 1.92 bits per heavy atom. The van der Waals surface area contributed by atoms with Crippen molar-refractivity contribution in [3.63, 3.8) is 0 Å². The van der Waals surface area contributed by atoms with Crippen molar-refractivity contribution in [1.29, 1.82) is 0 Å². The van der Waals surface area contributed by atoms with Gasteiger partial charge in [-0.1, -0.05) is 24.3 Å². The van der Waals surface area contributed by atoms with E-state index < -0.39 is 0 Å². The predicted octanol–water partition coefficient (Wildman–Crippen LogP) is 2.28. The van der Waals surface area contributed by atoms with Crippen LogP contribution in [0.15, 0.2) is 61.1 Å². The van der Waals surface area contributed by atoms with E-state index in [0.717, 1.165) is 43.3 Å². The minimum atomic E-state index is 0.0974. The number of hydrogen-bond donors (Lipinski definition) is 0. The minimum Gasteiger partial charge on any atom is -0.378 e. The van der Waals surface area contributed by atoms with E-state index in [1.165, 1.54) is 0 Å². The molecule has 0 bridgehead atoms. The van der Waals surface area contributed by atoms with Crippen LogP contribution in [0.25, 0.3) is 5.69 Å². The van der Waals surface area contributed by atoms with Gasteiger partial charge in [0.1, 0.15) is 6.33 Å². The fourth-order valence-electron chi connectivity index (χ4n) is 3.19. The van der Waals surface area contributed by atoms with E-state index in [0.29, 0.717) is 6.61 Å². The second kappa shape index (κ2) is 7.55. The third-order valence-corrected chi connectivity index (χ3v) is 4.49. The minimum absolute atomic E-state index is 0.0974. The first-order valence-electron chi connectivity index (χ1n) is 8.59. The third kappa shape index (κ3) is 3.60. The third-order valence-electron chi connectivity index (χ3n) is 4.49. The standard InChI is InChI=1S/C19H21N5O/c1-2-7-17(8-3-1)24-19(21-15-22-24)18-14-25-13-12-23(18)11-9-16-6-4-5-10-20-16/h1-8,10,15,18H,9,11-14H2. The molecule has 1 aromatic carbocycles. The second-order valence-corrected chi connectivity index (χ2v) is 6.06. The Balaban J connectivity index is 1.55. The van der Waals surface area contributed by atoms with Gasteiger partial charge in [-0.25, -0.2) is 9.67 Å². The zero-order valence-corrected chi connectivity index (χ0v) is 14.0. The van der Waals surface area contributed by atoms with Crippen LogP contribution in [0.5, 0.6) is 0 Å². The number of rotatable bonds is 5. The zero-order valence-electron chi connectivity index (χ0n) is 14.0. The van der Waals surface area contributed by atoms with Crippen molar-refractivity contribution >= 4 is 0 Å². The molecular formula is C19H21N5O. The average molecular weight is 335 g/mol. The van der Waals surface area contributed by atoms with E-state index in [9.17, 15) is 0 Å². The summed E-state index contributed by atoms with van der Waals surface area (Å²) in [5.41, 5.74) is 2.13. The van der Waals surface area contributed by atoms with Crippen molar-refractivity contribution in [2.24, 2.45) is 0 Å². The number of hydrogen-bond acceptors (Lipinski definition) is 5. The number of nitrogens with zero attached hydrogens (tertiary/aromatic N) is 5. The molecule has 0 aliphatic carbocycles. The Labute approximate surface area is 147 Å². The van der Waals surface area contributed by atoms with Gasteiger partial charge >= 0.3 is 0 Å². The number of aromatic nitrogens is 4. The highest BCUT2D eigenvalue weighted by Gasteiger charge is 2.28. The summed E-state index contributed by atoms with van der Waals surface area (Å²) < 4.78 is 7.65. The lowest BCUT2D eigenvalue weighted by Gasteiger charge is -2.34. The largest absolute Gasteiger partial charge is 0.378 e. The highest BCUT2D eigenvalue weighted by Crippen LogP contribution is 2.24. The molecule has 3 aromatic rings. The van der Waals surface area contributed by atoms with Crippen molar-refractivity contribution in [2.45, 2.75) is 12.5 Å². The Morgan fingerprint density at radius 1 is 1.04 bits per heavy atom. The maximum atomic E-state index is 5.74. The highest BCUT2D eigenvalue weighted by molar-refractivity contribution is 5.31. The first kappa shape index (κ1) is 15.9. The number of pyridine rings is 1. The van der Waals surface area contributed by atoms with Gasteiger partial charge in [0.05, 0.1) is 24.9 Å². The predicted molar refractivity (Wildman–Crippen MR) is 94.4 cm³/mol. The molecule has 128 valence electrons. The number of ether oxygens (including phenoxy) is 1. The molecule has 2 aromatic heterocycles. The maximum absolute atomic E-state index is 5.74. The van der Waals surface area contributed by atoms with E-state index in [4.69, 9.17) is 4.74 Å². The van der Waals surface area contributed by atoms with Crippen LogP contribution in [0, 0.1) is 0 Å². The quantitative estimate of drug-likeness (QED) is 0.716. The average Bonchev–Trinajstić information content (AvgIpc) is 3.18. The van der Waals surface area contributed by atoms with Gasteiger partial charge in [0, 0.05) is 31.4 Å². The van der Waals surface area contributed by atoms with Gasteiger partial charge in [-0.05, 0) is 24.3 Å². The summed E-state index contributed by atoms with van der Waals surface area (Å²) in [5, 5.41) is 4.43. The molecule has 0 amide bonds. The first-order chi connectivity index (χ1) is 12.4. The summed E-state index contributed by atoms with van der Waals surface area (Å²) in [6, 6.07) is 16.3. The first-order valence-corrected chi connectivity index (χ1v) is 8.59. The lowest BCUT2D eigenvalue weighted by atomic mass is 10.1. The van der Waals surface area contributed by atoms with Crippen molar-refractivity contribution in [2.75, 3.05) is 26.3 Å². The smallest absolute Gasteiger partial charge is 0.151 e. The molecule has 6 nitrogen and oxygen atoms in total. The van der Waals surface area contributed by atoms with Gasteiger partial charge in [-0.2, -0.15) is 5.10 Å². The van der Waals surface area contributed by atoms with Crippen LogP contribution in [0.1, 0.15) is 17.6 Å². The summed E-state index contributed by atoms with van der Waals surface area (Å²) in [4.78, 5) is 11.4. The Kier molecular flexibility index (Phi) is 4.81. The SMILES string of the molecule is c1ccc(-n2ncnc2C2COCCN2CCc2ccccn2)cc1. The molecule has 25 heavy (non-hydrogen) atoms. The molecule has 1 saturated heterocycles. The van der Waals surface area contributed by atoms with Gasteiger partial charge in [0.25, 0.3) is 0 Å². The van der Waals surface area contributed by atoms with Crippen LogP contribution in [0.3, 0.4) is 0 Å². The molecular weight excluding hydrogens is 314 g/mol. The summed E-state index contributed by atoms with van der Waals surface area (Å²) in [6.07, 6.45) is 4.38. The van der Waals surface area contributed by atoms with E-state index >= 15 is 0 Å². The topological polar surface area (TPSA) is 56.1 Å². The van der Waals surface area contributed by atoms with Crippen molar-refractivity contribution in [3.8, 4) is 5.69 Å². The van der Waals surface area contributed by atoms with Crippen molar-refractivity contribution in [3.05, 3.63) is 72.6 Å². The zero-order chi connectivity index (χ0) is 16.9. The normalized spacial score (nSPS) is 18.3. The summed E-state index contributed by atoms with van der Waals surface area (Å²) >= 11 is 0. The van der Waals surface area contributed by atoms with Gasteiger partial charge in [-0.3, -0.25) is 9.88 Å². The van der Waals surface area contributed by atoms with Crippen LogP contribution in [0.2, 0.25) is 0 Å². The maximum Gasteiger partial charge on any atom is 0.151 e. The number of morpholine rings is 1. The fourth-order valence-corrected chi connectivity index (χ4v) is 3.19. The lowest BCUT2D eigenvalue weighted by Crippen LogP contribution is -2.41. The monoisotopic (exact) mass is 335 g/mol. The number of benzene rings is 1. The van der Waals surface area contributed by atoms with Crippen LogP contribution in [-0.2, 0) is 11.2 Å². The Bertz CT molecular complexity index is 790. The lowest BCUT2D eigenvalue weighted by molar-refractivity contribution is -0.0119. The molecule has 0 radical (unpaired) electrons. The fraction of sp³-hybridized carbons (Fsp3) is 0.316. The molecule has 4 rings (SSSR count). The summed E-state index contributed by atoms with van der Waals surface area (Å²) in [7, 11) is 0. The summed E-state index contributed by atoms with van der Waals surface area (Å²) in [6.45, 7) is 3.19. The van der Waals surface area contributed by atoms with Gasteiger partial charge in [0.2, 0.25) is 0 Å². The molecule has 1 atom stereocenters. The van der Waals surface area contributed by atoms with Crippen molar-refractivity contribution < 1.29 is 4.74 Å². The highest BCUT2D eigenvalue weighted by atomic mass is 16.5. The summed E-state index contributed by atoms with van der Waals surface area (Å²) in [5.74, 6) is 0.923. The van der Waals surface area contributed by atoms with E-state index in [1.807, 2.05) is 53.3 Å². The molecule has 1 aliphatic rings. The van der Waals surface area contributed by atoms with Crippen LogP contribution >= 0.6 is 0 Å². The molecule has 1 aliphatic heterocycles. The van der Waals surface area contributed by atoms with Crippen LogP contribution < -0.4 is 0 Å². The van der Waals surface area contributed by atoms with Crippen LogP contribution in [-0.4, -0.2) is 51.0 Å². The molecule has 1 unspecified atom stereocenters. The van der Waals surface area contributed by atoms with Gasteiger partial charge < -0.3 is 4.74 Å². The molecule has 0 saturated carbocycles. The molecule has 0 N–H and O–H groups in total. The van der Waals surface area contributed by atoms with E-state index in [1.54, 1.807) is 6.33 Å². The Hall–Kier alpha value is -2.57. The van der Waals surface area contributed by atoms with E-state index in [-0.39, 0.29) is 6.04 Å². The van der Waals surface area contributed by atoms with E-state index in [2.05, 4.69) is 26.0 Å². The van der Waals surface area contributed by atoms with Crippen LogP contribution in [0.4, 0.5) is 0 Å². The molecule has 1 fully saturated rings.